The molecule has 0 saturated carbocycles. The standard InChI is InChI=1S/C13H19NO2/c1-4-14-12-8-6-5-7-11(12)13(15)16-9-10(2)3/h5-8,10,14H,4,9H2,1-3H3. The smallest absolute Gasteiger partial charge is 0.340 e. The molecule has 0 atom stereocenters. The first-order chi connectivity index (χ1) is 7.65. The Kier molecular flexibility index (Phi) is 4.83. The van der Waals surface area contributed by atoms with Crippen LogP contribution in [0.2, 0.25) is 0 Å². The number of hydrogen-bond donors (Lipinski definition) is 1. The molecule has 1 rings (SSSR count). The Hall–Kier alpha value is -1.51. The van der Waals surface area contributed by atoms with E-state index in [-0.39, 0.29) is 5.97 Å². The predicted octanol–water partition coefficient (Wildman–Crippen LogP) is 2.93. The van der Waals surface area contributed by atoms with Gasteiger partial charge < -0.3 is 10.1 Å². The maximum Gasteiger partial charge on any atom is 0.340 e. The minimum absolute atomic E-state index is 0.259. The summed E-state index contributed by atoms with van der Waals surface area (Å²) in [6, 6.07) is 7.40. The van der Waals surface area contributed by atoms with Crippen molar-refractivity contribution in [3.63, 3.8) is 0 Å². The number of nitrogens with one attached hydrogen (secondary N) is 1. The number of rotatable bonds is 5. The van der Waals surface area contributed by atoms with Gasteiger partial charge in [0.15, 0.2) is 0 Å². The zero-order valence-corrected chi connectivity index (χ0v) is 10.1. The van der Waals surface area contributed by atoms with Crippen LogP contribution in [0.1, 0.15) is 31.1 Å². The van der Waals surface area contributed by atoms with E-state index >= 15 is 0 Å². The van der Waals surface area contributed by atoms with E-state index in [1.165, 1.54) is 0 Å². The first-order valence-corrected chi connectivity index (χ1v) is 5.65. The number of hydrogen-bond acceptors (Lipinski definition) is 3. The minimum atomic E-state index is -0.259. The van der Waals surface area contributed by atoms with Crippen molar-refractivity contribution in [2.24, 2.45) is 5.92 Å². The third kappa shape index (κ3) is 3.57. The number of carbonyl (C=O) groups excluding carboxylic acids is 1. The highest BCUT2D eigenvalue weighted by atomic mass is 16.5. The van der Waals surface area contributed by atoms with Crippen molar-refractivity contribution >= 4 is 11.7 Å². The molecular weight excluding hydrogens is 202 g/mol. The summed E-state index contributed by atoms with van der Waals surface area (Å²) >= 11 is 0. The molecule has 0 bridgehead atoms. The minimum Gasteiger partial charge on any atom is -0.462 e. The largest absolute Gasteiger partial charge is 0.462 e. The molecule has 3 heteroatoms. The number of esters is 1. The van der Waals surface area contributed by atoms with E-state index in [4.69, 9.17) is 4.74 Å². The Labute approximate surface area is 96.8 Å². The van der Waals surface area contributed by atoms with Crippen LogP contribution in [0.25, 0.3) is 0 Å². The summed E-state index contributed by atoms with van der Waals surface area (Å²) in [7, 11) is 0. The average molecular weight is 221 g/mol. The van der Waals surface area contributed by atoms with E-state index in [2.05, 4.69) is 5.32 Å². The van der Waals surface area contributed by atoms with Gasteiger partial charge in [-0.15, -0.1) is 0 Å². The van der Waals surface area contributed by atoms with E-state index in [1.807, 2.05) is 39.0 Å². The first kappa shape index (κ1) is 12.6. The molecule has 0 aliphatic heterocycles. The van der Waals surface area contributed by atoms with Crippen LogP contribution in [0.4, 0.5) is 5.69 Å². The van der Waals surface area contributed by atoms with Gasteiger partial charge in [0.2, 0.25) is 0 Å². The van der Waals surface area contributed by atoms with Crippen LogP contribution in [0.15, 0.2) is 24.3 Å². The van der Waals surface area contributed by atoms with Crippen molar-refractivity contribution in [3.8, 4) is 0 Å². The lowest BCUT2D eigenvalue weighted by atomic mass is 10.1. The molecule has 1 N–H and O–H groups in total. The molecular formula is C13H19NO2. The Morgan fingerprint density at radius 3 is 2.69 bits per heavy atom. The summed E-state index contributed by atoms with van der Waals surface area (Å²) in [6.45, 7) is 7.27. The Morgan fingerprint density at radius 1 is 1.38 bits per heavy atom. The number of para-hydroxylation sites is 1. The lowest BCUT2D eigenvalue weighted by molar-refractivity contribution is 0.0460. The lowest BCUT2D eigenvalue weighted by Crippen LogP contribution is -2.12. The van der Waals surface area contributed by atoms with Crippen LogP contribution in [-0.4, -0.2) is 19.1 Å². The third-order valence-corrected chi connectivity index (χ3v) is 2.06. The van der Waals surface area contributed by atoms with Gasteiger partial charge in [0.05, 0.1) is 12.2 Å². The summed E-state index contributed by atoms with van der Waals surface area (Å²) < 4.78 is 5.20. The zero-order valence-electron chi connectivity index (χ0n) is 10.1. The molecule has 16 heavy (non-hydrogen) atoms. The lowest BCUT2D eigenvalue weighted by Gasteiger charge is -2.11. The molecule has 0 heterocycles. The third-order valence-electron chi connectivity index (χ3n) is 2.06. The molecule has 3 nitrogen and oxygen atoms in total. The van der Waals surface area contributed by atoms with Gasteiger partial charge in [0, 0.05) is 12.2 Å². The Morgan fingerprint density at radius 2 is 2.06 bits per heavy atom. The molecule has 88 valence electrons. The van der Waals surface area contributed by atoms with Gasteiger partial charge >= 0.3 is 5.97 Å². The Bertz CT molecular complexity index is 348. The zero-order chi connectivity index (χ0) is 12.0. The van der Waals surface area contributed by atoms with Crippen LogP contribution in [0.3, 0.4) is 0 Å². The molecule has 1 aromatic rings. The van der Waals surface area contributed by atoms with Gasteiger partial charge in [-0.2, -0.15) is 0 Å². The summed E-state index contributed by atoms with van der Waals surface area (Å²) in [4.78, 5) is 11.8. The maximum atomic E-state index is 11.8. The second kappa shape index (κ2) is 6.16. The van der Waals surface area contributed by atoms with E-state index < -0.39 is 0 Å². The number of carbonyl (C=O) groups is 1. The Balaban J connectivity index is 2.73. The van der Waals surface area contributed by atoms with Gasteiger partial charge in [-0.25, -0.2) is 4.79 Å². The molecule has 0 aliphatic carbocycles. The summed E-state index contributed by atoms with van der Waals surface area (Å²) in [6.07, 6.45) is 0. The fraction of sp³-hybridized carbons (Fsp3) is 0.462. The van der Waals surface area contributed by atoms with Crippen LogP contribution in [0, 0.1) is 5.92 Å². The SMILES string of the molecule is CCNc1ccccc1C(=O)OCC(C)C. The number of anilines is 1. The van der Waals surface area contributed by atoms with Gasteiger partial charge in [0.25, 0.3) is 0 Å². The fourth-order valence-corrected chi connectivity index (χ4v) is 1.33. The van der Waals surface area contributed by atoms with Crippen molar-refractivity contribution in [1.82, 2.24) is 0 Å². The van der Waals surface area contributed by atoms with Crippen molar-refractivity contribution < 1.29 is 9.53 Å². The van der Waals surface area contributed by atoms with Gasteiger partial charge in [-0.3, -0.25) is 0 Å². The van der Waals surface area contributed by atoms with Crippen LogP contribution in [0.5, 0.6) is 0 Å². The maximum absolute atomic E-state index is 11.8. The van der Waals surface area contributed by atoms with Crippen molar-refractivity contribution in [2.45, 2.75) is 20.8 Å². The fourth-order valence-electron chi connectivity index (χ4n) is 1.33. The van der Waals surface area contributed by atoms with Crippen LogP contribution < -0.4 is 5.32 Å². The van der Waals surface area contributed by atoms with E-state index in [1.54, 1.807) is 6.07 Å². The second-order valence-corrected chi connectivity index (χ2v) is 4.07. The number of ether oxygens (including phenoxy) is 1. The van der Waals surface area contributed by atoms with Crippen LogP contribution in [-0.2, 0) is 4.74 Å². The van der Waals surface area contributed by atoms with Crippen molar-refractivity contribution in [1.29, 1.82) is 0 Å². The molecule has 1 aromatic carbocycles. The molecule has 0 saturated heterocycles. The van der Waals surface area contributed by atoms with Gasteiger partial charge in [0.1, 0.15) is 0 Å². The monoisotopic (exact) mass is 221 g/mol. The van der Waals surface area contributed by atoms with E-state index in [0.29, 0.717) is 18.1 Å². The molecule has 0 aromatic heterocycles. The highest BCUT2D eigenvalue weighted by molar-refractivity contribution is 5.95. The van der Waals surface area contributed by atoms with E-state index in [9.17, 15) is 4.79 Å². The summed E-state index contributed by atoms with van der Waals surface area (Å²) in [5, 5.41) is 3.14. The average Bonchev–Trinajstić information content (AvgIpc) is 2.27. The van der Waals surface area contributed by atoms with Crippen molar-refractivity contribution in [3.05, 3.63) is 29.8 Å². The highest BCUT2D eigenvalue weighted by Gasteiger charge is 2.11. The quantitative estimate of drug-likeness (QED) is 0.777. The topological polar surface area (TPSA) is 38.3 Å². The van der Waals surface area contributed by atoms with Crippen LogP contribution >= 0.6 is 0 Å². The first-order valence-electron chi connectivity index (χ1n) is 5.65. The summed E-state index contributed by atoms with van der Waals surface area (Å²) in [5.74, 6) is 0.0977. The number of benzene rings is 1. The molecule has 0 radical (unpaired) electrons. The normalized spacial score (nSPS) is 10.2. The highest BCUT2D eigenvalue weighted by Crippen LogP contribution is 2.16. The molecule has 0 fully saturated rings. The van der Waals surface area contributed by atoms with E-state index in [0.717, 1.165) is 12.2 Å². The predicted molar refractivity (Wildman–Crippen MR) is 65.7 cm³/mol. The van der Waals surface area contributed by atoms with Crippen molar-refractivity contribution in [2.75, 3.05) is 18.5 Å². The molecule has 0 aliphatic rings. The molecule has 0 unspecified atom stereocenters. The second-order valence-electron chi connectivity index (χ2n) is 4.07. The molecule has 0 amide bonds. The van der Waals surface area contributed by atoms with Gasteiger partial charge in [-0.1, -0.05) is 26.0 Å². The molecule has 0 spiro atoms. The summed E-state index contributed by atoms with van der Waals surface area (Å²) in [5.41, 5.74) is 1.43. The van der Waals surface area contributed by atoms with Gasteiger partial charge in [-0.05, 0) is 25.0 Å².